The van der Waals surface area contributed by atoms with Crippen molar-refractivity contribution in [1.29, 1.82) is 0 Å². The van der Waals surface area contributed by atoms with E-state index >= 15 is 0 Å². The van der Waals surface area contributed by atoms with Gasteiger partial charge in [0.1, 0.15) is 5.69 Å². The number of alkyl halides is 3. The van der Waals surface area contributed by atoms with Gasteiger partial charge in [-0.2, -0.15) is 13.2 Å². The van der Waals surface area contributed by atoms with Crippen LogP contribution in [0.5, 0.6) is 0 Å². The summed E-state index contributed by atoms with van der Waals surface area (Å²) in [6.07, 6.45) is 2.39. The van der Waals surface area contributed by atoms with E-state index in [1.807, 2.05) is 10.8 Å². The summed E-state index contributed by atoms with van der Waals surface area (Å²) < 4.78 is 40.3. The van der Waals surface area contributed by atoms with Gasteiger partial charge in [0, 0.05) is 50.6 Å². The van der Waals surface area contributed by atoms with Gasteiger partial charge < -0.3 is 14.8 Å². The van der Waals surface area contributed by atoms with Crippen molar-refractivity contribution in [2.24, 2.45) is 0 Å². The zero-order chi connectivity index (χ0) is 21.0. The van der Waals surface area contributed by atoms with Crippen LogP contribution in [0.15, 0.2) is 36.9 Å². The lowest BCUT2D eigenvalue weighted by Crippen LogP contribution is -2.39. The molecule has 1 aliphatic rings. The molecule has 0 saturated carbocycles. The van der Waals surface area contributed by atoms with Crippen molar-refractivity contribution in [1.82, 2.24) is 14.5 Å². The Bertz CT molecular complexity index is 862. The zero-order valence-electron chi connectivity index (χ0n) is 15.4. The number of aromatic nitrogens is 2. The maximum atomic E-state index is 12.7. The Labute approximate surface area is 164 Å². The number of nitrogens with zero attached hydrogens (tertiary/aromatic N) is 4. The summed E-state index contributed by atoms with van der Waals surface area (Å²) in [6.45, 7) is 1.29. The molecule has 0 spiro atoms. The van der Waals surface area contributed by atoms with Crippen LogP contribution < -0.4 is 5.32 Å². The summed E-state index contributed by atoms with van der Waals surface area (Å²) in [5.41, 5.74) is -1.81. The van der Waals surface area contributed by atoms with E-state index in [1.165, 1.54) is 0 Å². The van der Waals surface area contributed by atoms with Crippen LogP contribution in [0.1, 0.15) is 30.9 Å². The standard InChI is InChI=1S/C18H20F3N5O3/c19-18(20,21)13-1-2-15(16(11-13)26(28)29)23-6-3-17(27)24-8-4-14(5-9-24)25-10-7-22-12-25/h1-2,7,10-12,14,23H,3-6,8-9H2. The van der Waals surface area contributed by atoms with Crippen molar-refractivity contribution >= 4 is 17.3 Å². The van der Waals surface area contributed by atoms with E-state index < -0.39 is 22.4 Å². The maximum absolute atomic E-state index is 12.7. The average Bonchev–Trinajstić information content (AvgIpc) is 3.22. The number of anilines is 1. The number of nitro benzene ring substituents is 1. The Morgan fingerprint density at radius 2 is 2.03 bits per heavy atom. The van der Waals surface area contributed by atoms with Gasteiger partial charge in [-0.05, 0) is 25.0 Å². The highest BCUT2D eigenvalue weighted by molar-refractivity contribution is 5.77. The molecule has 0 unspecified atom stereocenters. The Morgan fingerprint density at radius 3 is 2.62 bits per heavy atom. The number of amides is 1. The van der Waals surface area contributed by atoms with Gasteiger partial charge in [-0.1, -0.05) is 0 Å². The Morgan fingerprint density at radius 1 is 1.31 bits per heavy atom. The molecular weight excluding hydrogens is 391 g/mol. The van der Waals surface area contributed by atoms with Crippen LogP contribution in [0.2, 0.25) is 0 Å². The average molecular weight is 411 g/mol. The van der Waals surface area contributed by atoms with Gasteiger partial charge >= 0.3 is 6.18 Å². The highest BCUT2D eigenvalue weighted by Gasteiger charge is 2.33. The number of carbonyl (C=O) groups is 1. The van der Waals surface area contributed by atoms with Crippen molar-refractivity contribution in [2.75, 3.05) is 25.0 Å². The number of piperidine rings is 1. The quantitative estimate of drug-likeness (QED) is 0.580. The molecule has 1 aromatic heterocycles. The molecule has 2 heterocycles. The number of carbonyl (C=O) groups excluding carboxylic acids is 1. The molecule has 156 valence electrons. The summed E-state index contributed by atoms with van der Waals surface area (Å²) in [5, 5.41) is 13.8. The number of nitro groups is 1. The van der Waals surface area contributed by atoms with Crippen LogP contribution in [0.3, 0.4) is 0 Å². The summed E-state index contributed by atoms with van der Waals surface area (Å²) in [5.74, 6) is -0.101. The van der Waals surface area contributed by atoms with E-state index in [1.54, 1.807) is 17.4 Å². The van der Waals surface area contributed by atoms with Crippen molar-refractivity contribution < 1.29 is 22.9 Å². The van der Waals surface area contributed by atoms with E-state index in [9.17, 15) is 28.1 Å². The van der Waals surface area contributed by atoms with Crippen molar-refractivity contribution in [3.63, 3.8) is 0 Å². The van der Waals surface area contributed by atoms with E-state index in [0.29, 0.717) is 25.2 Å². The Hall–Kier alpha value is -3.11. The minimum Gasteiger partial charge on any atom is -0.379 e. The molecule has 29 heavy (non-hydrogen) atoms. The Kier molecular flexibility index (Phi) is 6.04. The second-order valence-corrected chi connectivity index (χ2v) is 6.79. The van der Waals surface area contributed by atoms with Gasteiger partial charge in [0.05, 0.1) is 16.8 Å². The lowest BCUT2D eigenvalue weighted by atomic mass is 10.0. The van der Waals surface area contributed by atoms with E-state index in [-0.39, 0.29) is 24.6 Å². The fraction of sp³-hybridized carbons (Fsp3) is 0.444. The minimum atomic E-state index is -4.66. The number of imidazole rings is 1. The summed E-state index contributed by atoms with van der Waals surface area (Å²) in [4.78, 5) is 28.3. The molecule has 8 nitrogen and oxygen atoms in total. The van der Waals surface area contributed by atoms with Crippen LogP contribution in [-0.2, 0) is 11.0 Å². The summed E-state index contributed by atoms with van der Waals surface area (Å²) >= 11 is 0. The van der Waals surface area contributed by atoms with Gasteiger partial charge in [0.25, 0.3) is 5.69 Å². The SMILES string of the molecule is O=C(CCNc1ccc(C(F)(F)F)cc1[N+](=O)[O-])N1CCC(n2ccnc2)CC1. The van der Waals surface area contributed by atoms with Gasteiger partial charge in [0.15, 0.2) is 0 Å². The fourth-order valence-electron chi connectivity index (χ4n) is 3.37. The summed E-state index contributed by atoms with van der Waals surface area (Å²) in [7, 11) is 0. The lowest BCUT2D eigenvalue weighted by molar-refractivity contribution is -0.384. The highest BCUT2D eigenvalue weighted by atomic mass is 19.4. The molecular formula is C18H20F3N5O3. The predicted octanol–water partition coefficient (Wildman–Crippen LogP) is 3.48. The number of hydrogen-bond donors (Lipinski definition) is 1. The van der Waals surface area contributed by atoms with Crippen molar-refractivity contribution in [3.8, 4) is 0 Å². The number of halogens is 3. The predicted molar refractivity (Wildman–Crippen MR) is 98.3 cm³/mol. The second kappa shape index (κ2) is 8.50. The third-order valence-electron chi connectivity index (χ3n) is 4.94. The molecule has 0 atom stereocenters. The first-order valence-corrected chi connectivity index (χ1v) is 9.10. The van der Waals surface area contributed by atoms with Gasteiger partial charge in [-0.25, -0.2) is 4.98 Å². The highest BCUT2D eigenvalue weighted by Crippen LogP contribution is 2.35. The largest absolute Gasteiger partial charge is 0.416 e. The number of rotatable bonds is 6. The molecule has 0 radical (unpaired) electrons. The maximum Gasteiger partial charge on any atom is 0.416 e. The van der Waals surface area contributed by atoms with Crippen LogP contribution >= 0.6 is 0 Å². The topological polar surface area (TPSA) is 93.3 Å². The monoisotopic (exact) mass is 411 g/mol. The minimum absolute atomic E-state index is 0.0467. The molecule has 0 aliphatic carbocycles. The molecule has 0 bridgehead atoms. The van der Waals surface area contributed by atoms with Gasteiger partial charge in [-0.15, -0.1) is 0 Å². The van der Waals surface area contributed by atoms with Crippen LogP contribution in [0.4, 0.5) is 24.5 Å². The van der Waals surface area contributed by atoms with E-state index in [2.05, 4.69) is 10.3 Å². The molecule has 1 saturated heterocycles. The third kappa shape index (κ3) is 5.04. The van der Waals surface area contributed by atoms with Gasteiger partial charge in [-0.3, -0.25) is 14.9 Å². The number of nitrogens with one attached hydrogen (secondary N) is 1. The fourth-order valence-corrected chi connectivity index (χ4v) is 3.37. The molecule has 1 amide bonds. The first kappa shape index (κ1) is 20.6. The summed E-state index contributed by atoms with van der Waals surface area (Å²) in [6, 6.07) is 2.58. The first-order chi connectivity index (χ1) is 13.8. The first-order valence-electron chi connectivity index (χ1n) is 9.10. The van der Waals surface area contributed by atoms with E-state index in [0.717, 1.165) is 25.0 Å². The third-order valence-corrected chi connectivity index (χ3v) is 4.94. The van der Waals surface area contributed by atoms with Gasteiger partial charge in [0.2, 0.25) is 5.91 Å². The molecule has 11 heteroatoms. The second-order valence-electron chi connectivity index (χ2n) is 6.79. The molecule has 1 fully saturated rings. The van der Waals surface area contributed by atoms with Crippen LogP contribution in [0, 0.1) is 10.1 Å². The molecule has 1 aromatic carbocycles. The van der Waals surface area contributed by atoms with Crippen molar-refractivity contribution in [2.45, 2.75) is 31.5 Å². The van der Waals surface area contributed by atoms with Crippen molar-refractivity contribution in [3.05, 3.63) is 52.6 Å². The number of likely N-dealkylation sites (tertiary alicyclic amines) is 1. The molecule has 1 aliphatic heterocycles. The normalized spacial score (nSPS) is 15.3. The van der Waals surface area contributed by atoms with E-state index in [4.69, 9.17) is 0 Å². The van der Waals surface area contributed by atoms with Crippen LogP contribution in [-0.4, -0.2) is 44.9 Å². The molecule has 2 aromatic rings. The van der Waals surface area contributed by atoms with Crippen LogP contribution in [0.25, 0.3) is 0 Å². The molecule has 3 rings (SSSR count). The Balaban J connectivity index is 1.52. The zero-order valence-corrected chi connectivity index (χ0v) is 15.4. The smallest absolute Gasteiger partial charge is 0.379 e. The number of benzene rings is 1. The number of hydrogen-bond acceptors (Lipinski definition) is 5. The molecule has 1 N–H and O–H groups in total. The lowest BCUT2D eigenvalue weighted by Gasteiger charge is -2.32.